The molecule has 11 nitrogen and oxygen atoms in total. The highest BCUT2D eigenvalue weighted by molar-refractivity contribution is 5.97. The molecule has 1 aromatic carbocycles. The van der Waals surface area contributed by atoms with Crippen molar-refractivity contribution in [1.82, 2.24) is 20.9 Å². The lowest BCUT2D eigenvalue weighted by atomic mass is 10.0. The second-order valence-corrected chi connectivity index (χ2v) is 9.03. The molecule has 0 radical (unpaired) electrons. The van der Waals surface area contributed by atoms with Gasteiger partial charge in [-0.3, -0.25) is 9.59 Å². The lowest BCUT2D eigenvalue weighted by Crippen LogP contribution is -2.51. The van der Waals surface area contributed by atoms with Gasteiger partial charge in [0, 0.05) is 31.7 Å². The van der Waals surface area contributed by atoms with Gasteiger partial charge in [-0.2, -0.15) is 5.26 Å². The molecule has 1 aromatic rings. The molecule has 0 spiro atoms. The van der Waals surface area contributed by atoms with Gasteiger partial charge in [-0.1, -0.05) is 13.3 Å². The van der Waals surface area contributed by atoms with Crippen molar-refractivity contribution in [3.63, 3.8) is 0 Å². The maximum absolute atomic E-state index is 13.4. The average molecular weight is 530 g/mol. The quantitative estimate of drug-likeness (QED) is 0.247. The fourth-order valence-electron chi connectivity index (χ4n) is 4.00. The van der Waals surface area contributed by atoms with Crippen molar-refractivity contribution in [3.8, 4) is 6.07 Å². The highest BCUT2D eigenvalue weighted by Gasteiger charge is 2.30. The summed E-state index contributed by atoms with van der Waals surface area (Å²) in [4.78, 5) is 51.4. The molecule has 2 rings (SSSR count). The zero-order valence-electron chi connectivity index (χ0n) is 22.3. The standard InChI is InChI=1S/C27H39N5O6/c1-3-5-14-29-27(36)30-15-6-7-23(31-25(34)21-10-8-20(18-28)9-11-21)26(35)32-16-12-22(13-17-32)38-19-24(33)37-4-2/h8-11,22-23H,3-7,12-17,19H2,1-2H3,(H,31,34)(H2,29,30,36)/t23-/m0/s1. The second-order valence-electron chi connectivity index (χ2n) is 9.03. The van der Waals surface area contributed by atoms with E-state index in [1.54, 1.807) is 36.1 Å². The summed E-state index contributed by atoms with van der Waals surface area (Å²) in [7, 11) is 0. The number of nitriles is 1. The van der Waals surface area contributed by atoms with E-state index >= 15 is 0 Å². The van der Waals surface area contributed by atoms with Gasteiger partial charge in [0.2, 0.25) is 5.91 Å². The number of hydrogen-bond donors (Lipinski definition) is 3. The van der Waals surface area contributed by atoms with E-state index in [9.17, 15) is 19.2 Å². The fourth-order valence-corrected chi connectivity index (χ4v) is 4.00. The largest absolute Gasteiger partial charge is 0.464 e. The van der Waals surface area contributed by atoms with Gasteiger partial charge in [-0.25, -0.2) is 9.59 Å². The number of carbonyl (C=O) groups is 4. The van der Waals surface area contributed by atoms with Crippen LogP contribution in [-0.2, 0) is 19.1 Å². The molecule has 1 atom stereocenters. The first-order valence-electron chi connectivity index (χ1n) is 13.3. The van der Waals surface area contributed by atoms with Crippen LogP contribution in [-0.4, -0.2) is 80.3 Å². The molecule has 0 unspecified atom stereocenters. The number of ether oxygens (including phenoxy) is 2. The Labute approximate surface area is 224 Å². The Kier molecular flexibility index (Phi) is 13.7. The first-order valence-corrected chi connectivity index (χ1v) is 13.3. The molecule has 11 heteroatoms. The summed E-state index contributed by atoms with van der Waals surface area (Å²) >= 11 is 0. The van der Waals surface area contributed by atoms with Crippen molar-refractivity contribution in [1.29, 1.82) is 5.26 Å². The van der Waals surface area contributed by atoms with Crippen molar-refractivity contribution < 1.29 is 28.7 Å². The van der Waals surface area contributed by atoms with E-state index in [0.29, 0.717) is 69.6 Å². The van der Waals surface area contributed by atoms with Crippen LogP contribution in [0.15, 0.2) is 24.3 Å². The van der Waals surface area contributed by atoms with Crippen LogP contribution in [0, 0.1) is 11.3 Å². The van der Waals surface area contributed by atoms with E-state index in [-0.39, 0.29) is 24.6 Å². The molecule has 4 amide bonds. The smallest absolute Gasteiger partial charge is 0.332 e. The fraction of sp³-hybridized carbons (Fsp3) is 0.593. The van der Waals surface area contributed by atoms with E-state index in [2.05, 4.69) is 16.0 Å². The number of likely N-dealkylation sites (tertiary alicyclic amines) is 1. The third-order valence-corrected chi connectivity index (χ3v) is 6.15. The summed E-state index contributed by atoms with van der Waals surface area (Å²) in [6, 6.07) is 7.17. The number of rotatable bonds is 14. The van der Waals surface area contributed by atoms with Crippen molar-refractivity contribution in [2.45, 2.75) is 64.5 Å². The molecule has 1 fully saturated rings. The molecule has 0 aliphatic carbocycles. The lowest BCUT2D eigenvalue weighted by Gasteiger charge is -2.34. The number of nitrogens with zero attached hydrogens (tertiary/aromatic N) is 2. The Hall–Kier alpha value is -3.65. The Morgan fingerprint density at radius 2 is 1.71 bits per heavy atom. The number of benzene rings is 1. The molecule has 1 heterocycles. The number of nitrogens with one attached hydrogen (secondary N) is 3. The number of esters is 1. The van der Waals surface area contributed by atoms with Gasteiger partial charge in [0.25, 0.3) is 5.91 Å². The van der Waals surface area contributed by atoms with Gasteiger partial charge in [0.1, 0.15) is 12.6 Å². The van der Waals surface area contributed by atoms with E-state index in [1.807, 2.05) is 13.0 Å². The Bertz CT molecular complexity index is 954. The first-order chi connectivity index (χ1) is 18.4. The Morgan fingerprint density at radius 3 is 2.32 bits per heavy atom. The molecule has 208 valence electrons. The summed E-state index contributed by atoms with van der Waals surface area (Å²) in [5, 5.41) is 17.4. The minimum absolute atomic E-state index is 0.116. The number of unbranched alkanes of at least 4 members (excludes halogenated alkanes) is 1. The first kappa shape index (κ1) is 30.6. The topological polar surface area (TPSA) is 150 Å². The molecular formula is C27H39N5O6. The van der Waals surface area contributed by atoms with Crippen LogP contribution in [0.3, 0.4) is 0 Å². The van der Waals surface area contributed by atoms with Crippen LogP contribution in [0.5, 0.6) is 0 Å². The average Bonchev–Trinajstić information content (AvgIpc) is 2.93. The van der Waals surface area contributed by atoms with Crippen molar-refractivity contribution in [2.24, 2.45) is 0 Å². The van der Waals surface area contributed by atoms with E-state index in [0.717, 1.165) is 12.8 Å². The zero-order chi connectivity index (χ0) is 27.8. The Balaban J connectivity index is 1.93. The van der Waals surface area contributed by atoms with Crippen LogP contribution in [0.1, 0.15) is 68.3 Å². The SMILES string of the molecule is CCCCNC(=O)NCCC[C@H](NC(=O)c1ccc(C#N)cc1)C(=O)N1CCC(OCC(=O)OCC)CC1. The third kappa shape index (κ3) is 10.8. The highest BCUT2D eigenvalue weighted by atomic mass is 16.6. The summed E-state index contributed by atoms with van der Waals surface area (Å²) in [6.07, 6.45) is 3.71. The van der Waals surface area contributed by atoms with E-state index in [4.69, 9.17) is 14.7 Å². The maximum atomic E-state index is 13.4. The number of carbonyl (C=O) groups excluding carboxylic acids is 4. The van der Waals surface area contributed by atoms with Gasteiger partial charge >= 0.3 is 12.0 Å². The minimum Gasteiger partial charge on any atom is -0.464 e. The molecule has 38 heavy (non-hydrogen) atoms. The molecule has 0 bridgehead atoms. The third-order valence-electron chi connectivity index (χ3n) is 6.15. The number of piperidine rings is 1. The van der Waals surface area contributed by atoms with Crippen LogP contribution in [0.4, 0.5) is 4.79 Å². The maximum Gasteiger partial charge on any atom is 0.332 e. The van der Waals surface area contributed by atoms with Crippen molar-refractivity contribution >= 4 is 23.8 Å². The molecular weight excluding hydrogens is 490 g/mol. The van der Waals surface area contributed by atoms with Gasteiger partial charge in [-0.05, 0) is 63.3 Å². The summed E-state index contributed by atoms with van der Waals surface area (Å²) in [6.45, 7) is 5.79. The van der Waals surface area contributed by atoms with Crippen molar-refractivity contribution in [3.05, 3.63) is 35.4 Å². The number of urea groups is 1. The normalized spacial score (nSPS) is 14.2. The van der Waals surface area contributed by atoms with Crippen LogP contribution in [0.25, 0.3) is 0 Å². The second kappa shape index (κ2) is 17.0. The summed E-state index contributed by atoms with van der Waals surface area (Å²) in [5.41, 5.74) is 0.784. The van der Waals surface area contributed by atoms with Gasteiger partial charge in [-0.15, -0.1) is 0 Å². The monoisotopic (exact) mass is 529 g/mol. The summed E-state index contributed by atoms with van der Waals surface area (Å²) < 4.78 is 10.5. The molecule has 1 aliphatic rings. The Morgan fingerprint density at radius 1 is 1.05 bits per heavy atom. The molecule has 0 aromatic heterocycles. The minimum atomic E-state index is -0.778. The van der Waals surface area contributed by atoms with Crippen LogP contribution >= 0.6 is 0 Å². The van der Waals surface area contributed by atoms with Gasteiger partial charge < -0.3 is 30.3 Å². The number of hydrogen-bond acceptors (Lipinski definition) is 7. The lowest BCUT2D eigenvalue weighted by molar-refractivity contribution is -0.152. The predicted molar refractivity (Wildman–Crippen MR) is 140 cm³/mol. The predicted octanol–water partition coefficient (Wildman–Crippen LogP) is 2.11. The van der Waals surface area contributed by atoms with Gasteiger partial charge in [0.15, 0.2) is 0 Å². The van der Waals surface area contributed by atoms with Crippen LogP contribution in [0.2, 0.25) is 0 Å². The summed E-state index contributed by atoms with van der Waals surface area (Å²) in [5.74, 6) is -1.03. The number of amides is 4. The van der Waals surface area contributed by atoms with E-state index in [1.165, 1.54) is 0 Å². The molecule has 3 N–H and O–H groups in total. The molecule has 1 saturated heterocycles. The van der Waals surface area contributed by atoms with E-state index < -0.39 is 17.9 Å². The molecule has 1 aliphatic heterocycles. The molecule has 0 saturated carbocycles. The zero-order valence-corrected chi connectivity index (χ0v) is 22.3. The highest BCUT2D eigenvalue weighted by Crippen LogP contribution is 2.16. The van der Waals surface area contributed by atoms with Gasteiger partial charge in [0.05, 0.1) is 24.3 Å². The van der Waals surface area contributed by atoms with Crippen LogP contribution < -0.4 is 16.0 Å². The van der Waals surface area contributed by atoms with Crippen molar-refractivity contribution in [2.75, 3.05) is 39.4 Å².